The topological polar surface area (TPSA) is 41.1 Å². The summed E-state index contributed by atoms with van der Waals surface area (Å²) in [6.45, 7) is 3.57. The second kappa shape index (κ2) is 5.44. The Labute approximate surface area is 105 Å². The summed E-state index contributed by atoms with van der Waals surface area (Å²) in [6.07, 6.45) is 0. The molecule has 0 bridgehead atoms. The zero-order chi connectivity index (χ0) is 13.1. The molecule has 2 N–H and O–H groups in total. The van der Waals surface area contributed by atoms with Crippen LogP contribution in [0.1, 0.15) is 12.5 Å². The largest absolute Gasteiger partial charge is 0.352 e. The smallest absolute Gasteiger partial charge is 0.224 e. The molecule has 1 aromatic rings. The summed E-state index contributed by atoms with van der Waals surface area (Å²) in [5.74, 6) is -1.13. The van der Waals surface area contributed by atoms with Crippen molar-refractivity contribution in [2.45, 2.75) is 13.5 Å². The van der Waals surface area contributed by atoms with Crippen LogP contribution in [0.3, 0.4) is 0 Å². The van der Waals surface area contributed by atoms with E-state index in [0.717, 1.165) is 12.6 Å². The van der Waals surface area contributed by atoms with Gasteiger partial charge >= 0.3 is 0 Å². The maximum Gasteiger partial charge on any atom is 0.224 e. The molecule has 0 radical (unpaired) electrons. The number of amides is 1. The van der Waals surface area contributed by atoms with Gasteiger partial charge in [0, 0.05) is 24.7 Å². The van der Waals surface area contributed by atoms with Gasteiger partial charge in [-0.25, -0.2) is 8.78 Å². The van der Waals surface area contributed by atoms with Crippen molar-refractivity contribution in [3.63, 3.8) is 0 Å². The van der Waals surface area contributed by atoms with Crippen molar-refractivity contribution in [2.75, 3.05) is 13.1 Å². The summed E-state index contributed by atoms with van der Waals surface area (Å²) < 4.78 is 26.1. The minimum atomic E-state index is -0.632. The molecule has 1 heterocycles. The molecule has 5 heteroatoms. The van der Waals surface area contributed by atoms with Gasteiger partial charge in [0.05, 0.1) is 5.92 Å². The van der Waals surface area contributed by atoms with Crippen LogP contribution in [0.4, 0.5) is 8.78 Å². The van der Waals surface area contributed by atoms with Gasteiger partial charge in [-0.05, 0) is 18.5 Å². The van der Waals surface area contributed by atoms with Gasteiger partial charge in [0.2, 0.25) is 5.91 Å². The Balaban J connectivity index is 1.93. The minimum Gasteiger partial charge on any atom is -0.352 e. The van der Waals surface area contributed by atoms with E-state index in [0.29, 0.717) is 12.1 Å². The summed E-state index contributed by atoms with van der Waals surface area (Å²) in [7, 11) is 0. The van der Waals surface area contributed by atoms with Crippen LogP contribution in [-0.4, -0.2) is 19.0 Å². The van der Waals surface area contributed by atoms with Crippen LogP contribution in [0.15, 0.2) is 18.2 Å². The van der Waals surface area contributed by atoms with Crippen molar-refractivity contribution in [3.05, 3.63) is 35.4 Å². The third-order valence-electron chi connectivity index (χ3n) is 3.32. The van der Waals surface area contributed by atoms with Crippen molar-refractivity contribution in [3.8, 4) is 0 Å². The fraction of sp³-hybridized carbons (Fsp3) is 0.462. The Morgan fingerprint density at radius 3 is 2.83 bits per heavy atom. The predicted molar refractivity (Wildman–Crippen MR) is 63.7 cm³/mol. The van der Waals surface area contributed by atoms with Gasteiger partial charge in [0.25, 0.3) is 0 Å². The molecule has 1 aliphatic heterocycles. The summed E-state index contributed by atoms with van der Waals surface area (Å²) in [4.78, 5) is 11.9. The van der Waals surface area contributed by atoms with E-state index in [1.165, 1.54) is 12.1 Å². The standard InChI is InChI=1S/C13H16F2N2O/c1-8-5-16-7-11(8)13(18)17-6-9-2-3-10(14)4-12(9)15/h2-4,8,11,16H,5-7H2,1H3,(H,17,18). The second-order valence-electron chi connectivity index (χ2n) is 4.70. The first kappa shape index (κ1) is 13.0. The van der Waals surface area contributed by atoms with Crippen LogP contribution >= 0.6 is 0 Å². The molecule has 0 aromatic heterocycles. The van der Waals surface area contributed by atoms with E-state index < -0.39 is 11.6 Å². The molecule has 3 nitrogen and oxygen atoms in total. The molecule has 18 heavy (non-hydrogen) atoms. The highest BCUT2D eigenvalue weighted by atomic mass is 19.1. The Morgan fingerprint density at radius 2 is 2.22 bits per heavy atom. The van der Waals surface area contributed by atoms with Gasteiger partial charge in [0.1, 0.15) is 11.6 Å². The average molecular weight is 254 g/mol. The van der Waals surface area contributed by atoms with Crippen LogP contribution in [0.5, 0.6) is 0 Å². The van der Waals surface area contributed by atoms with Gasteiger partial charge in [0.15, 0.2) is 0 Å². The quantitative estimate of drug-likeness (QED) is 0.857. The van der Waals surface area contributed by atoms with Crippen molar-refractivity contribution < 1.29 is 13.6 Å². The summed E-state index contributed by atoms with van der Waals surface area (Å²) in [6, 6.07) is 3.35. The first-order chi connectivity index (χ1) is 8.58. The maximum absolute atomic E-state index is 13.4. The third-order valence-corrected chi connectivity index (χ3v) is 3.32. The lowest BCUT2D eigenvalue weighted by Gasteiger charge is -2.14. The summed E-state index contributed by atoms with van der Waals surface area (Å²) >= 11 is 0. The van der Waals surface area contributed by atoms with Crippen LogP contribution in [0, 0.1) is 23.5 Å². The molecule has 1 amide bonds. The summed E-state index contributed by atoms with van der Waals surface area (Å²) in [5, 5.41) is 5.83. The van der Waals surface area contributed by atoms with E-state index in [9.17, 15) is 13.6 Å². The predicted octanol–water partition coefficient (Wildman–Crippen LogP) is 1.44. The van der Waals surface area contributed by atoms with Crippen molar-refractivity contribution in [1.29, 1.82) is 0 Å². The van der Waals surface area contributed by atoms with Crippen LogP contribution in [0.2, 0.25) is 0 Å². The van der Waals surface area contributed by atoms with E-state index in [-0.39, 0.29) is 24.3 Å². The molecule has 2 rings (SSSR count). The SMILES string of the molecule is CC1CNCC1C(=O)NCc1ccc(F)cc1F. The molecular formula is C13H16F2N2O. The van der Waals surface area contributed by atoms with Gasteiger partial charge in [-0.3, -0.25) is 4.79 Å². The van der Waals surface area contributed by atoms with Crippen molar-refractivity contribution in [1.82, 2.24) is 10.6 Å². The van der Waals surface area contributed by atoms with Crippen molar-refractivity contribution in [2.24, 2.45) is 11.8 Å². The van der Waals surface area contributed by atoms with Gasteiger partial charge in [-0.1, -0.05) is 13.0 Å². The van der Waals surface area contributed by atoms with Crippen LogP contribution in [0.25, 0.3) is 0 Å². The number of hydrogen-bond acceptors (Lipinski definition) is 2. The Hall–Kier alpha value is -1.49. The molecule has 1 aromatic carbocycles. The first-order valence-corrected chi connectivity index (χ1v) is 6.00. The van der Waals surface area contributed by atoms with Gasteiger partial charge in [-0.2, -0.15) is 0 Å². The Kier molecular flexibility index (Phi) is 3.91. The Bertz CT molecular complexity index is 451. The van der Waals surface area contributed by atoms with E-state index >= 15 is 0 Å². The lowest BCUT2D eigenvalue weighted by molar-refractivity contribution is -0.125. The molecular weight excluding hydrogens is 238 g/mol. The van der Waals surface area contributed by atoms with Crippen molar-refractivity contribution >= 4 is 5.91 Å². The molecule has 98 valence electrons. The van der Waals surface area contributed by atoms with Gasteiger partial charge < -0.3 is 10.6 Å². The third kappa shape index (κ3) is 2.85. The summed E-state index contributed by atoms with van der Waals surface area (Å²) in [5.41, 5.74) is 0.295. The maximum atomic E-state index is 13.4. The molecule has 2 atom stereocenters. The molecule has 1 saturated heterocycles. The number of halogens is 2. The van der Waals surface area contributed by atoms with Crippen LogP contribution < -0.4 is 10.6 Å². The monoisotopic (exact) mass is 254 g/mol. The van der Waals surface area contributed by atoms with Gasteiger partial charge in [-0.15, -0.1) is 0 Å². The normalized spacial score (nSPS) is 23.1. The van der Waals surface area contributed by atoms with E-state index in [2.05, 4.69) is 10.6 Å². The highest BCUT2D eigenvalue weighted by Gasteiger charge is 2.29. The zero-order valence-electron chi connectivity index (χ0n) is 10.2. The minimum absolute atomic E-state index is 0.0755. The fourth-order valence-electron chi connectivity index (χ4n) is 2.14. The number of nitrogens with one attached hydrogen (secondary N) is 2. The van der Waals surface area contributed by atoms with E-state index in [1.807, 2.05) is 6.92 Å². The average Bonchev–Trinajstić information content (AvgIpc) is 2.74. The number of carbonyl (C=O) groups excluding carboxylic acids is 1. The number of benzene rings is 1. The zero-order valence-corrected chi connectivity index (χ0v) is 10.2. The number of rotatable bonds is 3. The van der Waals surface area contributed by atoms with Crippen LogP contribution in [-0.2, 0) is 11.3 Å². The fourth-order valence-corrected chi connectivity index (χ4v) is 2.14. The number of carbonyl (C=O) groups is 1. The highest BCUT2D eigenvalue weighted by Crippen LogP contribution is 2.16. The lowest BCUT2D eigenvalue weighted by atomic mass is 9.97. The van der Waals surface area contributed by atoms with E-state index in [1.54, 1.807) is 0 Å². The Morgan fingerprint density at radius 1 is 1.44 bits per heavy atom. The molecule has 0 spiro atoms. The molecule has 0 aliphatic carbocycles. The number of hydrogen-bond donors (Lipinski definition) is 2. The molecule has 1 fully saturated rings. The highest BCUT2D eigenvalue weighted by molar-refractivity contribution is 5.79. The molecule has 1 aliphatic rings. The lowest BCUT2D eigenvalue weighted by Crippen LogP contribution is -2.34. The second-order valence-corrected chi connectivity index (χ2v) is 4.70. The first-order valence-electron chi connectivity index (χ1n) is 6.00. The molecule has 2 unspecified atom stereocenters. The van der Waals surface area contributed by atoms with E-state index in [4.69, 9.17) is 0 Å². The molecule has 0 saturated carbocycles.